The van der Waals surface area contributed by atoms with Gasteiger partial charge in [-0.25, -0.2) is 0 Å². The van der Waals surface area contributed by atoms with Crippen molar-refractivity contribution in [1.29, 1.82) is 0 Å². The summed E-state index contributed by atoms with van der Waals surface area (Å²) < 4.78 is 0. The molecular formula is C17H14ClN5O2. The third-order valence-electron chi connectivity index (χ3n) is 4.23. The average molecular weight is 356 g/mol. The highest BCUT2D eigenvalue weighted by atomic mass is 35.5. The van der Waals surface area contributed by atoms with E-state index >= 15 is 0 Å². The van der Waals surface area contributed by atoms with E-state index in [4.69, 9.17) is 11.6 Å². The second kappa shape index (κ2) is 6.18. The molecule has 0 radical (unpaired) electrons. The van der Waals surface area contributed by atoms with Crippen LogP contribution in [0.25, 0.3) is 11.0 Å². The van der Waals surface area contributed by atoms with Gasteiger partial charge in [0, 0.05) is 22.9 Å². The molecule has 0 spiro atoms. The number of fused-ring (bicyclic) bond motifs is 1. The number of aromatic nitrogens is 3. The Bertz CT molecular complexity index is 970. The Hall–Kier alpha value is -2.93. The number of rotatable bonds is 3. The minimum absolute atomic E-state index is 0.220. The molecule has 0 aliphatic carbocycles. The van der Waals surface area contributed by atoms with Crippen LogP contribution in [0.3, 0.4) is 0 Å². The highest BCUT2D eigenvalue weighted by Crippen LogP contribution is 2.28. The molecule has 1 atom stereocenters. The molecule has 126 valence electrons. The van der Waals surface area contributed by atoms with Gasteiger partial charge in [-0.2, -0.15) is 15.4 Å². The fraction of sp³-hybridized carbons (Fsp3) is 0.176. The van der Waals surface area contributed by atoms with E-state index in [0.29, 0.717) is 40.4 Å². The van der Waals surface area contributed by atoms with Crippen molar-refractivity contribution in [3.8, 4) is 0 Å². The standard InChI is InChI=1S/C17H14ClN5O2/c18-10-2-1-3-12(8-10)23-7-6-13(17(23)25)16(24)19-11-4-5-14-15(9-11)21-22-20-14/h1-5,8-9,13H,6-7H2,(H,19,24)(H,20,21,22). The third-order valence-corrected chi connectivity index (χ3v) is 4.46. The molecule has 8 heteroatoms. The van der Waals surface area contributed by atoms with Gasteiger partial charge in [0.2, 0.25) is 11.8 Å². The number of nitrogens with zero attached hydrogens (tertiary/aromatic N) is 3. The van der Waals surface area contributed by atoms with Crippen LogP contribution in [0.4, 0.5) is 11.4 Å². The lowest BCUT2D eigenvalue weighted by atomic mass is 10.1. The maximum atomic E-state index is 12.6. The summed E-state index contributed by atoms with van der Waals surface area (Å²) in [4.78, 5) is 26.7. The first-order valence-electron chi connectivity index (χ1n) is 7.80. The van der Waals surface area contributed by atoms with Gasteiger partial charge in [-0.05, 0) is 42.8 Å². The highest BCUT2D eigenvalue weighted by Gasteiger charge is 2.37. The molecule has 1 unspecified atom stereocenters. The van der Waals surface area contributed by atoms with E-state index in [1.807, 2.05) is 6.07 Å². The monoisotopic (exact) mass is 355 g/mol. The van der Waals surface area contributed by atoms with Gasteiger partial charge >= 0.3 is 0 Å². The van der Waals surface area contributed by atoms with Crippen LogP contribution in [0.5, 0.6) is 0 Å². The van der Waals surface area contributed by atoms with E-state index in [1.165, 1.54) is 0 Å². The summed E-state index contributed by atoms with van der Waals surface area (Å²) in [7, 11) is 0. The van der Waals surface area contributed by atoms with Crippen molar-refractivity contribution in [3.63, 3.8) is 0 Å². The van der Waals surface area contributed by atoms with Crippen LogP contribution in [0, 0.1) is 5.92 Å². The fourth-order valence-corrected chi connectivity index (χ4v) is 3.16. The number of H-pyrrole nitrogens is 1. The number of anilines is 2. The van der Waals surface area contributed by atoms with E-state index in [0.717, 1.165) is 0 Å². The van der Waals surface area contributed by atoms with Crippen LogP contribution < -0.4 is 10.2 Å². The van der Waals surface area contributed by atoms with Crippen LogP contribution in [0.2, 0.25) is 5.02 Å². The number of nitrogens with one attached hydrogen (secondary N) is 2. The van der Waals surface area contributed by atoms with Crippen molar-refractivity contribution in [2.45, 2.75) is 6.42 Å². The Morgan fingerprint density at radius 1 is 1.20 bits per heavy atom. The zero-order valence-electron chi connectivity index (χ0n) is 13.1. The zero-order valence-corrected chi connectivity index (χ0v) is 13.8. The molecule has 7 nitrogen and oxygen atoms in total. The fourth-order valence-electron chi connectivity index (χ4n) is 2.97. The highest BCUT2D eigenvalue weighted by molar-refractivity contribution is 6.31. The molecule has 4 rings (SSSR count). The van der Waals surface area contributed by atoms with Gasteiger partial charge < -0.3 is 10.2 Å². The number of benzene rings is 2. The van der Waals surface area contributed by atoms with Crippen molar-refractivity contribution in [2.75, 3.05) is 16.8 Å². The lowest BCUT2D eigenvalue weighted by molar-refractivity contribution is -0.129. The minimum atomic E-state index is -0.716. The summed E-state index contributed by atoms with van der Waals surface area (Å²) in [6.07, 6.45) is 0.462. The van der Waals surface area contributed by atoms with Crippen LogP contribution in [-0.4, -0.2) is 33.8 Å². The largest absolute Gasteiger partial charge is 0.325 e. The number of hydrogen-bond acceptors (Lipinski definition) is 4. The molecule has 3 aromatic rings. The molecule has 2 aromatic carbocycles. The molecular weight excluding hydrogens is 342 g/mol. The van der Waals surface area contributed by atoms with E-state index < -0.39 is 5.92 Å². The smallest absolute Gasteiger partial charge is 0.239 e. The van der Waals surface area contributed by atoms with Gasteiger partial charge in [-0.1, -0.05) is 17.7 Å². The first-order chi connectivity index (χ1) is 12.1. The molecule has 25 heavy (non-hydrogen) atoms. The molecule has 0 bridgehead atoms. The molecule has 1 fully saturated rings. The van der Waals surface area contributed by atoms with Crippen LogP contribution in [0.1, 0.15) is 6.42 Å². The lowest BCUT2D eigenvalue weighted by Crippen LogP contribution is -2.33. The first-order valence-corrected chi connectivity index (χ1v) is 8.18. The lowest BCUT2D eigenvalue weighted by Gasteiger charge is -2.17. The first kappa shape index (κ1) is 15.6. The number of amides is 2. The number of hydrogen-bond donors (Lipinski definition) is 2. The Labute approximate surface area is 148 Å². The van der Waals surface area contributed by atoms with Gasteiger partial charge in [-0.3, -0.25) is 9.59 Å². The summed E-state index contributed by atoms with van der Waals surface area (Å²) in [5.74, 6) is -1.26. The quantitative estimate of drug-likeness (QED) is 0.706. The second-order valence-corrected chi connectivity index (χ2v) is 6.26. The number of halogens is 1. The predicted octanol–water partition coefficient (Wildman–Crippen LogP) is 2.60. The van der Waals surface area contributed by atoms with E-state index in [9.17, 15) is 9.59 Å². The van der Waals surface area contributed by atoms with Crippen molar-refractivity contribution in [3.05, 3.63) is 47.5 Å². The van der Waals surface area contributed by atoms with Crippen LogP contribution in [-0.2, 0) is 9.59 Å². The van der Waals surface area contributed by atoms with E-state index in [2.05, 4.69) is 20.7 Å². The second-order valence-electron chi connectivity index (χ2n) is 5.83. The third kappa shape index (κ3) is 2.94. The summed E-state index contributed by atoms with van der Waals surface area (Å²) >= 11 is 5.98. The SMILES string of the molecule is O=C(Nc1ccc2n[nH]nc2c1)C1CCN(c2cccc(Cl)c2)C1=O. The van der Waals surface area contributed by atoms with E-state index in [-0.39, 0.29) is 11.8 Å². The number of carbonyl (C=O) groups excluding carboxylic acids is 2. The molecule has 1 aliphatic rings. The summed E-state index contributed by atoms with van der Waals surface area (Å²) in [6, 6.07) is 12.3. The Balaban J connectivity index is 1.50. The predicted molar refractivity (Wildman–Crippen MR) is 94.4 cm³/mol. The summed E-state index contributed by atoms with van der Waals surface area (Å²) in [5, 5.41) is 13.8. The van der Waals surface area contributed by atoms with Gasteiger partial charge in [0.05, 0.1) is 0 Å². The van der Waals surface area contributed by atoms with Crippen LogP contribution >= 0.6 is 11.6 Å². The average Bonchev–Trinajstić information content (AvgIpc) is 3.20. The maximum absolute atomic E-state index is 12.6. The number of carbonyl (C=O) groups is 2. The van der Waals surface area contributed by atoms with Gasteiger partial charge in [0.25, 0.3) is 0 Å². The van der Waals surface area contributed by atoms with E-state index in [1.54, 1.807) is 41.3 Å². The van der Waals surface area contributed by atoms with Crippen molar-refractivity contribution >= 4 is 45.8 Å². The summed E-state index contributed by atoms with van der Waals surface area (Å²) in [6.45, 7) is 0.486. The van der Waals surface area contributed by atoms with Crippen LogP contribution in [0.15, 0.2) is 42.5 Å². The normalized spacial score (nSPS) is 17.2. The molecule has 1 aromatic heterocycles. The zero-order chi connectivity index (χ0) is 17.4. The maximum Gasteiger partial charge on any atom is 0.239 e. The van der Waals surface area contributed by atoms with Crippen molar-refractivity contribution in [2.24, 2.45) is 5.92 Å². The summed E-state index contributed by atoms with van der Waals surface area (Å²) in [5.41, 5.74) is 2.65. The molecule has 2 amide bonds. The Kier molecular flexibility index (Phi) is 3.85. The molecule has 2 heterocycles. The molecule has 1 saturated heterocycles. The molecule has 2 N–H and O–H groups in total. The molecule has 1 aliphatic heterocycles. The Morgan fingerprint density at radius 3 is 2.88 bits per heavy atom. The Morgan fingerprint density at radius 2 is 2.04 bits per heavy atom. The van der Waals surface area contributed by atoms with Gasteiger partial charge in [0.1, 0.15) is 17.0 Å². The van der Waals surface area contributed by atoms with Gasteiger partial charge in [-0.15, -0.1) is 0 Å². The van der Waals surface area contributed by atoms with Crippen molar-refractivity contribution < 1.29 is 9.59 Å². The topological polar surface area (TPSA) is 91.0 Å². The minimum Gasteiger partial charge on any atom is -0.325 e. The van der Waals surface area contributed by atoms with Gasteiger partial charge in [0.15, 0.2) is 0 Å². The van der Waals surface area contributed by atoms with Crippen molar-refractivity contribution in [1.82, 2.24) is 15.4 Å². The number of aromatic amines is 1. The molecule has 0 saturated carbocycles.